The Bertz CT molecular complexity index is 1430. The van der Waals surface area contributed by atoms with Crippen LogP contribution in [0.2, 0.25) is 5.02 Å². The van der Waals surface area contributed by atoms with Crippen LogP contribution in [-0.2, 0) is 24.8 Å². The molecule has 0 amide bonds. The molecule has 1 aliphatic heterocycles. The van der Waals surface area contributed by atoms with E-state index in [1.54, 1.807) is 0 Å². The normalized spacial score (nSPS) is 17.2. The molecule has 2 aromatic carbocycles. The van der Waals surface area contributed by atoms with Crippen LogP contribution < -0.4 is 0 Å². The molecule has 3 heterocycles. The zero-order valence-corrected chi connectivity index (χ0v) is 23.0. The van der Waals surface area contributed by atoms with E-state index >= 15 is 0 Å². The van der Waals surface area contributed by atoms with E-state index in [-0.39, 0.29) is 12.3 Å². The summed E-state index contributed by atoms with van der Waals surface area (Å²) >= 11 is 6.70. The highest BCUT2D eigenvalue weighted by molar-refractivity contribution is 6.31. The maximum atomic E-state index is 12.1. The van der Waals surface area contributed by atoms with Gasteiger partial charge in [-0.25, -0.2) is 4.68 Å². The van der Waals surface area contributed by atoms with Gasteiger partial charge in [0.05, 0.1) is 18.0 Å². The van der Waals surface area contributed by atoms with Gasteiger partial charge in [-0.05, 0) is 72.7 Å². The third kappa shape index (κ3) is 5.33. The fraction of sp³-hybridized carbons (Fsp3) is 0.448. The molecule has 0 aliphatic carbocycles. The lowest BCUT2D eigenvalue weighted by molar-refractivity contribution is -0.137. The molecule has 0 spiro atoms. The summed E-state index contributed by atoms with van der Waals surface area (Å²) in [6.45, 7) is 6.79. The number of benzene rings is 2. The minimum atomic E-state index is -0.833. The highest BCUT2D eigenvalue weighted by Crippen LogP contribution is 2.37. The summed E-state index contributed by atoms with van der Waals surface area (Å²) < 4.78 is 3.87. The topological polar surface area (TPSA) is 89.1 Å². The summed E-state index contributed by atoms with van der Waals surface area (Å²) in [4.78, 5) is 14.5. The molecule has 1 saturated heterocycles. The number of carboxylic acids is 1. The number of piperidine rings is 1. The van der Waals surface area contributed by atoms with Crippen molar-refractivity contribution in [1.82, 2.24) is 29.7 Å². The molecule has 0 saturated carbocycles. The van der Waals surface area contributed by atoms with Crippen LogP contribution in [0.1, 0.15) is 72.4 Å². The first-order valence-corrected chi connectivity index (χ1v) is 13.8. The van der Waals surface area contributed by atoms with E-state index in [9.17, 15) is 9.90 Å². The van der Waals surface area contributed by atoms with Crippen molar-refractivity contribution in [2.24, 2.45) is 7.05 Å². The van der Waals surface area contributed by atoms with Crippen LogP contribution in [0.3, 0.4) is 0 Å². The molecule has 38 heavy (non-hydrogen) atoms. The third-order valence-corrected chi connectivity index (χ3v) is 8.14. The van der Waals surface area contributed by atoms with Crippen LogP contribution >= 0.6 is 11.6 Å². The number of carbonyl (C=O) groups is 1. The average molecular weight is 535 g/mol. The standard InChI is InChI=1S/C29H35ClN6O2/c1-4-7-21-15-24(19(2)28-29(21)34(3)33-32-28)25(16-27(37)38)20-9-10-26(30)22(14-20)17-35-12-5-8-23(18-35)36-13-6-11-31-36/h6,9-11,13-15,23,25H,4-5,7-8,12,16-18H2,1-3H3,(H,37,38). The van der Waals surface area contributed by atoms with Gasteiger partial charge in [0, 0.05) is 43.5 Å². The quantitative estimate of drug-likeness (QED) is 0.304. The Kier molecular flexibility index (Phi) is 7.81. The van der Waals surface area contributed by atoms with E-state index in [1.165, 1.54) is 0 Å². The third-order valence-electron chi connectivity index (χ3n) is 7.77. The van der Waals surface area contributed by atoms with Crippen LogP contribution in [0, 0.1) is 6.92 Å². The zero-order chi connectivity index (χ0) is 26.8. The van der Waals surface area contributed by atoms with Gasteiger partial charge < -0.3 is 5.11 Å². The first-order valence-electron chi connectivity index (χ1n) is 13.4. The minimum Gasteiger partial charge on any atom is -0.481 e. The van der Waals surface area contributed by atoms with Crippen LogP contribution in [-0.4, -0.2) is 53.8 Å². The van der Waals surface area contributed by atoms with Crippen molar-refractivity contribution in [3.63, 3.8) is 0 Å². The maximum absolute atomic E-state index is 12.1. The molecule has 2 aromatic heterocycles. The monoisotopic (exact) mass is 534 g/mol. The summed E-state index contributed by atoms with van der Waals surface area (Å²) in [6.07, 6.45) is 7.91. The Hall–Kier alpha value is -3.23. The largest absolute Gasteiger partial charge is 0.481 e. The predicted octanol–water partition coefficient (Wildman–Crippen LogP) is 5.52. The number of halogens is 1. The van der Waals surface area contributed by atoms with Gasteiger partial charge in [-0.3, -0.25) is 14.4 Å². The van der Waals surface area contributed by atoms with E-state index < -0.39 is 5.97 Å². The Balaban J connectivity index is 1.50. The van der Waals surface area contributed by atoms with E-state index in [4.69, 9.17) is 11.6 Å². The Morgan fingerprint density at radius 3 is 2.84 bits per heavy atom. The van der Waals surface area contributed by atoms with E-state index in [0.717, 1.165) is 77.6 Å². The average Bonchev–Trinajstić information content (AvgIpc) is 3.57. The van der Waals surface area contributed by atoms with Gasteiger partial charge in [-0.1, -0.05) is 48.4 Å². The van der Waals surface area contributed by atoms with Gasteiger partial charge in [0.1, 0.15) is 5.52 Å². The first-order chi connectivity index (χ1) is 18.4. The van der Waals surface area contributed by atoms with Crippen molar-refractivity contribution in [3.8, 4) is 0 Å². The van der Waals surface area contributed by atoms with Crippen molar-refractivity contribution >= 4 is 28.6 Å². The molecule has 1 N–H and O–H groups in total. The fourth-order valence-electron chi connectivity index (χ4n) is 5.94. The molecule has 9 heteroatoms. The van der Waals surface area contributed by atoms with Crippen molar-refractivity contribution in [1.29, 1.82) is 0 Å². The van der Waals surface area contributed by atoms with Gasteiger partial charge in [0.2, 0.25) is 0 Å². The molecule has 4 aromatic rings. The highest BCUT2D eigenvalue weighted by Gasteiger charge is 2.26. The van der Waals surface area contributed by atoms with Crippen molar-refractivity contribution < 1.29 is 9.90 Å². The van der Waals surface area contributed by atoms with Crippen molar-refractivity contribution in [2.45, 2.75) is 64.5 Å². The van der Waals surface area contributed by atoms with Crippen molar-refractivity contribution in [2.75, 3.05) is 13.1 Å². The minimum absolute atomic E-state index is 0.00959. The number of hydrogen-bond donors (Lipinski definition) is 1. The molecule has 8 nitrogen and oxygen atoms in total. The number of fused-ring (bicyclic) bond motifs is 1. The number of rotatable bonds is 9. The molecular weight excluding hydrogens is 500 g/mol. The second kappa shape index (κ2) is 11.3. The summed E-state index contributed by atoms with van der Waals surface area (Å²) in [5, 5.41) is 23.8. The van der Waals surface area contributed by atoms with Crippen molar-refractivity contribution in [3.05, 3.63) is 75.6 Å². The Morgan fingerprint density at radius 1 is 1.26 bits per heavy atom. The number of aliphatic carboxylic acids is 1. The highest BCUT2D eigenvalue weighted by atomic mass is 35.5. The maximum Gasteiger partial charge on any atom is 0.304 e. The molecule has 2 atom stereocenters. The van der Waals surface area contributed by atoms with E-state index in [0.29, 0.717) is 17.6 Å². The number of carboxylic acid groups (broad SMARTS) is 1. The molecule has 5 rings (SSSR count). The zero-order valence-electron chi connectivity index (χ0n) is 22.3. The predicted molar refractivity (Wildman–Crippen MR) is 149 cm³/mol. The van der Waals surface area contributed by atoms with Gasteiger partial charge in [-0.15, -0.1) is 5.10 Å². The van der Waals surface area contributed by atoms with Gasteiger partial charge in [0.25, 0.3) is 0 Å². The molecule has 200 valence electrons. The van der Waals surface area contributed by atoms with E-state index in [1.807, 2.05) is 53.9 Å². The van der Waals surface area contributed by atoms with Crippen LogP contribution in [0.4, 0.5) is 0 Å². The first kappa shape index (κ1) is 26.4. The number of aryl methyl sites for hydroxylation is 3. The molecule has 2 unspecified atom stereocenters. The van der Waals surface area contributed by atoms with Gasteiger partial charge >= 0.3 is 5.97 Å². The summed E-state index contributed by atoms with van der Waals surface area (Å²) in [5.41, 5.74) is 6.97. The second-order valence-corrected chi connectivity index (χ2v) is 10.8. The van der Waals surface area contributed by atoms with Crippen LogP contribution in [0.15, 0.2) is 42.7 Å². The molecule has 1 fully saturated rings. The Labute approximate surface area is 228 Å². The lowest BCUT2D eigenvalue weighted by Gasteiger charge is -2.33. The fourth-order valence-corrected chi connectivity index (χ4v) is 6.11. The number of hydrogen-bond acceptors (Lipinski definition) is 5. The molecular formula is C29H35ClN6O2. The SMILES string of the molecule is CCCc1cc(C(CC(=O)O)c2ccc(Cl)c(CN3CCCC(n4cccn4)C3)c2)c(C)c2nnn(C)c12. The lowest BCUT2D eigenvalue weighted by Crippen LogP contribution is -2.36. The van der Waals surface area contributed by atoms with E-state index in [2.05, 4.69) is 39.4 Å². The summed E-state index contributed by atoms with van der Waals surface area (Å²) in [7, 11) is 1.91. The summed E-state index contributed by atoms with van der Waals surface area (Å²) in [5.74, 6) is -1.15. The van der Waals surface area contributed by atoms with Crippen LogP contribution in [0.5, 0.6) is 0 Å². The summed E-state index contributed by atoms with van der Waals surface area (Å²) in [6, 6.07) is 10.5. The van der Waals surface area contributed by atoms with Gasteiger partial charge in [0.15, 0.2) is 0 Å². The van der Waals surface area contributed by atoms with Gasteiger partial charge in [-0.2, -0.15) is 5.10 Å². The molecule has 0 bridgehead atoms. The lowest BCUT2D eigenvalue weighted by atomic mass is 9.83. The number of nitrogens with zero attached hydrogens (tertiary/aromatic N) is 6. The van der Waals surface area contributed by atoms with Crippen LogP contribution in [0.25, 0.3) is 11.0 Å². The smallest absolute Gasteiger partial charge is 0.304 e. The number of aromatic nitrogens is 5. The number of likely N-dealkylation sites (tertiary alicyclic amines) is 1. The Morgan fingerprint density at radius 2 is 2.11 bits per heavy atom. The molecule has 1 aliphatic rings. The second-order valence-electron chi connectivity index (χ2n) is 10.4. The molecule has 0 radical (unpaired) electrons.